The number of aromatic nitrogens is 1. The van der Waals surface area contributed by atoms with Crippen LogP contribution in [-0.2, 0) is 19.4 Å². The molecule has 5 nitrogen and oxygen atoms in total. The van der Waals surface area contributed by atoms with Crippen LogP contribution in [0.2, 0.25) is 0 Å². The Labute approximate surface area is 204 Å². The monoisotopic (exact) mass is 474 g/mol. The minimum absolute atomic E-state index is 0.0169. The molecule has 4 aromatic rings. The standard InChI is InChI=1S/C28H30N2O3S/c1-5-29-16-22(21-8-6-7-9-23(21)29)28(31)30-13-12-20-18(2)17-34-27(20)24(30)14-19-10-11-25(32-3)26(15-19)33-4/h6-11,15-17,24H,5,12-14H2,1-4H3. The number of rotatable bonds is 6. The second-order valence-corrected chi connectivity index (χ2v) is 9.68. The van der Waals surface area contributed by atoms with Crippen molar-refractivity contribution in [2.24, 2.45) is 0 Å². The molecule has 1 atom stereocenters. The van der Waals surface area contributed by atoms with Gasteiger partial charge in [0.2, 0.25) is 0 Å². The first-order valence-corrected chi connectivity index (χ1v) is 12.6. The zero-order chi connectivity index (χ0) is 23.8. The third-order valence-electron chi connectivity index (χ3n) is 6.92. The number of ether oxygens (including phenoxy) is 2. The molecule has 0 aliphatic carbocycles. The molecule has 0 N–H and O–H groups in total. The summed E-state index contributed by atoms with van der Waals surface area (Å²) in [5.74, 6) is 1.52. The first-order valence-electron chi connectivity index (χ1n) is 11.7. The van der Waals surface area contributed by atoms with Crippen molar-refractivity contribution in [2.45, 2.75) is 39.3 Å². The average molecular weight is 475 g/mol. The molecular weight excluding hydrogens is 444 g/mol. The number of aryl methyl sites for hydroxylation is 2. The summed E-state index contributed by atoms with van der Waals surface area (Å²) in [5, 5.41) is 3.25. The van der Waals surface area contributed by atoms with Gasteiger partial charge < -0.3 is 18.9 Å². The number of thiophene rings is 1. The maximum atomic E-state index is 14.1. The van der Waals surface area contributed by atoms with Crippen LogP contribution in [0.1, 0.15) is 44.9 Å². The molecule has 1 aliphatic heterocycles. The molecule has 2 aromatic heterocycles. The molecule has 1 amide bonds. The predicted octanol–water partition coefficient (Wildman–Crippen LogP) is 6.03. The lowest BCUT2D eigenvalue weighted by Gasteiger charge is -2.36. The van der Waals surface area contributed by atoms with Gasteiger partial charge in [-0.25, -0.2) is 0 Å². The first kappa shape index (κ1) is 22.5. The summed E-state index contributed by atoms with van der Waals surface area (Å²) in [5.41, 5.74) is 5.73. The fraction of sp³-hybridized carbons (Fsp3) is 0.321. The Kier molecular flexibility index (Phi) is 6.09. The number of carbonyl (C=O) groups is 1. The number of fused-ring (bicyclic) bond motifs is 2. The highest BCUT2D eigenvalue weighted by atomic mass is 32.1. The van der Waals surface area contributed by atoms with Gasteiger partial charge in [0.25, 0.3) is 5.91 Å². The molecule has 3 heterocycles. The van der Waals surface area contributed by atoms with E-state index < -0.39 is 0 Å². The normalized spacial score (nSPS) is 15.4. The Hall–Kier alpha value is -3.25. The van der Waals surface area contributed by atoms with Crippen molar-refractivity contribution in [1.29, 1.82) is 0 Å². The van der Waals surface area contributed by atoms with Gasteiger partial charge in [-0.05, 0) is 67.0 Å². The van der Waals surface area contributed by atoms with Crippen molar-refractivity contribution in [2.75, 3.05) is 20.8 Å². The summed E-state index contributed by atoms with van der Waals surface area (Å²) in [6.45, 7) is 5.83. The van der Waals surface area contributed by atoms with E-state index in [9.17, 15) is 4.79 Å². The van der Waals surface area contributed by atoms with Crippen molar-refractivity contribution >= 4 is 28.1 Å². The van der Waals surface area contributed by atoms with E-state index >= 15 is 0 Å². The molecule has 34 heavy (non-hydrogen) atoms. The van der Waals surface area contributed by atoms with E-state index in [1.54, 1.807) is 25.6 Å². The average Bonchev–Trinajstić information content (AvgIpc) is 3.44. The Balaban J connectivity index is 1.56. The van der Waals surface area contributed by atoms with Gasteiger partial charge in [0, 0.05) is 35.1 Å². The van der Waals surface area contributed by atoms with Crippen LogP contribution in [0.15, 0.2) is 54.0 Å². The molecule has 1 unspecified atom stereocenters. The maximum Gasteiger partial charge on any atom is 0.256 e. The lowest BCUT2D eigenvalue weighted by atomic mass is 9.93. The third-order valence-corrected chi connectivity index (χ3v) is 8.16. The van der Waals surface area contributed by atoms with Crippen molar-refractivity contribution in [3.63, 3.8) is 0 Å². The van der Waals surface area contributed by atoms with Crippen LogP contribution in [0.25, 0.3) is 10.9 Å². The molecular formula is C28H30N2O3S. The van der Waals surface area contributed by atoms with Crippen molar-refractivity contribution < 1.29 is 14.3 Å². The van der Waals surface area contributed by atoms with E-state index in [2.05, 4.69) is 46.9 Å². The lowest BCUT2D eigenvalue weighted by molar-refractivity contribution is 0.0666. The lowest BCUT2D eigenvalue weighted by Crippen LogP contribution is -2.40. The number of amides is 1. The molecule has 0 spiro atoms. The SMILES string of the molecule is CCn1cc(C(=O)N2CCc3c(C)csc3C2Cc2ccc(OC)c(OC)c2)c2ccccc21. The summed E-state index contributed by atoms with van der Waals surface area (Å²) in [6.07, 6.45) is 3.65. The van der Waals surface area contributed by atoms with Crippen LogP contribution in [0.5, 0.6) is 11.5 Å². The van der Waals surface area contributed by atoms with E-state index in [4.69, 9.17) is 9.47 Å². The topological polar surface area (TPSA) is 43.7 Å². The number of carbonyl (C=O) groups excluding carboxylic acids is 1. The highest BCUT2D eigenvalue weighted by molar-refractivity contribution is 7.10. The molecule has 0 bridgehead atoms. The van der Waals surface area contributed by atoms with Crippen LogP contribution >= 0.6 is 11.3 Å². The molecule has 176 valence electrons. The number of nitrogens with zero attached hydrogens (tertiary/aromatic N) is 2. The molecule has 0 radical (unpaired) electrons. The van der Waals surface area contributed by atoms with Gasteiger partial charge in [-0.2, -0.15) is 0 Å². The van der Waals surface area contributed by atoms with Gasteiger partial charge in [-0.1, -0.05) is 24.3 Å². The summed E-state index contributed by atoms with van der Waals surface area (Å²) in [7, 11) is 3.30. The number of hydrogen-bond donors (Lipinski definition) is 0. The highest BCUT2D eigenvalue weighted by Gasteiger charge is 2.34. The van der Waals surface area contributed by atoms with Gasteiger partial charge >= 0.3 is 0 Å². The molecule has 2 aromatic carbocycles. The highest BCUT2D eigenvalue weighted by Crippen LogP contribution is 2.40. The Morgan fingerprint density at radius 2 is 1.91 bits per heavy atom. The van der Waals surface area contributed by atoms with E-state index in [-0.39, 0.29) is 11.9 Å². The van der Waals surface area contributed by atoms with Gasteiger partial charge in [0.1, 0.15) is 0 Å². The Bertz CT molecular complexity index is 1350. The van der Waals surface area contributed by atoms with Crippen molar-refractivity contribution in [1.82, 2.24) is 9.47 Å². The summed E-state index contributed by atoms with van der Waals surface area (Å²) < 4.78 is 13.1. The molecule has 0 fully saturated rings. The van der Waals surface area contributed by atoms with Crippen LogP contribution < -0.4 is 9.47 Å². The van der Waals surface area contributed by atoms with Crippen LogP contribution in [0, 0.1) is 6.92 Å². The Morgan fingerprint density at radius 3 is 2.68 bits per heavy atom. The quantitative estimate of drug-likeness (QED) is 0.343. The molecule has 0 saturated heterocycles. The van der Waals surface area contributed by atoms with Crippen molar-refractivity contribution in [3.05, 3.63) is 81.2 Å². The van der Waals surface area contributed by atoms with Gasteiger partial charge in [0.05, 0.1) is 25.8 Å². The summed E-state index contributed by atoms with van der Waals surface area (Å²) >= 11 is 1.77. The number of methoxy groups -OCH3 is 2. The van der Waals surface area contributed by atoms with Gasteiger partial charge in [-0.15, -0.1) is 11.3 Å². The van der Waals surface area contributed by atoms with E-state index in [0.29, 0.717) is 18.0 Å². The second kappa shape index (κ2) is 9.18. The van der Waals surface area contributed by atoms with Crippen molar-refractivity contribution in [3.8, 4) is 11.5 Å². The molecule has 0 saturated carbocycles. The van der Waals surface area contributed by atoms with E-state index in [1.165, 1.54) is 16.0 Å². The fourth-order valence-electron chi connectivity index (χ4n) is 5.13. The zero-order valence-corrected chi connectivity index (χ0v) is 20.9. The molecule has 6 heteroatoms. The fourth-order valence-corrected chi connectivity index (χ4v) is 6.35. The van der Waals surface area contributed by atoms with Gasteiger partial charge in [-0.3, -0.25) is 4.79 Å². The van der Waals surface area contributed by atoms with Crippen LogP contribution in [0.4, 0.5) is 0 Å². The number of hydrogen-bond acceptors (Lipinski definition) is 4. The largest absolute Gasteiger partial charge is 0.493 e. The zero-order valence-electron chi connectivity index (χ0n) is 20.1. The smallest absolute Gasteiger partial charge is 0.256 e. The third kappa shape index (κ3) is 3.76. The number of para-hydroxylation sites is 1. The minimum atomic E-state index is -0.0169. The minimum Gasteiger partial charge on any atom is -0.493 e. The van der Waals surface area contributed by atoms with Crippen LogP contribution in [0.3, 0.4) is 0 Å². The first-order chi connectivity index (χ1) is 16.5. The second-order valence-electron chi connectivity index (χ2n) is 8.77. The molecule has 1 aliphatic rings. The van der Waals surface area contributed by atoms with E-state index in [1.807, 2.05) is 30.5 Å². The van der Waals surface area contributed by atoms with E-state index in [0.717, 1.165) is 41.4 Å². The molecule has 5 rings (SSSR count). The number of benzene rings is 2. The Morgan fingerprint density at radius 1 is 1.12 bits per heavy atom. The summed E-state index contributed by atoms with van der Waals surface area (Å²) in [4.78, 5) is 17.4. The maximum absolute atomic E-state index is 14.1. The van der Waals surface area contributed by atoms with Gasteiger partial charge in [0.15, 0.2) is 11.5 Å². The van der Waals surface area contributed by atoms with Crippen LogP contribution in [-0.4, -0.2) is 36.1 Å². The summed E-state index contributed by atoms with van der Waals surface area (Å²) in [6, 6.07) is 14.2. The predicted molar refractivity (Wildman–Crippen MR) is 137 cm³/mol.